The second-order valence-corrected chi connectivity index (χ2v) is 6.40. The average molecular weight is 329 g/mol. The minimum atomic E-state index is -0.282. The lowest BCUT2D eigenvalue weighted by Gasteiger charge is -2.19. The van der Waals surface area contributed by atoms with Crippen LogP contribution >= 0.6 is 0 Å². The van der Waals surface area contributed by atoms with Gasteiger partial charge in [-0.3, -0.25) is 4.79 Å². The number of tetrazole rings is 1. The molecule has 7 heteroatoms. The molecule has 1 amide bonds. The Balaban J connectivity index is 1.69. The van der Waals surface area contributed by atoms with Gasteiger partial charge in [0.15, 0.2) is 5.82 Å². The molecule has 0 spiro atoms. The van der Waals surface area contributed by atoms with Crippen LogP contribution in [0.3, 0.4) is 0 Å². The zero-order chi connectivity index (χ0) is 16.9. The van der Waals surface area contributed by atoms with Crippen molar-refractivity contribution in [2.45, 2.75) is 45.4 Å². The topological polar surface area (TPSA) is 81.9 Å². The molecular weight excluding hydrogens is 306 g/mol. The van der Waals surface area contributed by atoms with Gasteiger partial charge in [0, 0.05) is 12.2 Å². The summed E-state index contributed by atoms with van der Waals surface area (Å²) in [6, 6.07) is 8.86. The summed E-state index contributed by atoms with van der Waals surface area (Å²) < 4.78 is 5.60. The van der Waals surface area contributed by atoms with Crippen LogP contribution in [0, 0.1) is 5.92 Å². The van der Waals surface area contributed by atoms with Gasteiger partial charge in [0.25, 0.3) is 5.91 Å². The molecule has 1 aromatic heterocycles. The van der Waals surface area contributed by atoms with E-state index in [9.17, 15) is 4.79 Å². The molecule has 0 bridgehead atoms. The third-order valence-corrected chi connectivity index (χ3v) is 4.13. The fraction of sp³-hybridized carbons (Fsp3) is 0.529. The molecular formula is C17H23N5O2. The van der Waals surface area contributed by atoms with Gasteiger partial charge in [-0.15, -0.1) is 10.2 Å². The lowest BCUT2D eigenvalue weighted by atomic mass is 10.0. The van der Waals surface area contributed by atoms with E-state index in [2.05, 4.69) is 20.7 Å². The summed E-state index contributed by atoms with van der Waals surface area (Å²) in [6.45, 7) is 5.45. The van der Waals surface area contributed by atoms with Gasteiger partial charge in [-0.05, 0) is 36.1 Å². The van der Waals surface area contributed by atoms with E-state index in [0.717, 1.165) is 19.4 Å². The molecule has 2 heterocycles. The molecule has 1 aliphatic rings. The maximum absolute atomic E-state index is 12.4. The quantitative estimate of drug-likeness (QED) is 0.876. The van der Waals surface area contributed by atoms with E-state index in [1.54, 1.807) is 16.9 Å². The second kappa shape index (κ2) is 7.53. The van der Waals surface area contributed by atoms with Crippen LogP contribution in [0.5, 0.6) is 0 Å². The molecule has 0 radical (unpaired) electrons. The maximum Gasteiger partial charge on any atom is 0.251 e. The van der Waals surface area contributed by atoms with E-state index in [4.69, 9.17) is 4.74 Å². The Bertz CT molecular complexity index is 665. The Labute approximate surface area is 141 Å². The summed E-state index contributed by atoms with van der Waals surface area (Å²) in [5, 5.41) is 15.7. The van der Waals surface area contributed by atoms with Crippen molar-refractivity contribution in [3.8, 4) is 0 Å². The van der Waals surface area contributed by atoms with E-state index in [-0.39, 0.29) is 24.0 Å². The number of hydrogen-bond acceptors (Lipinski definition) is 5. The lowest BCUT2D eigenvalue weighted by Crippen LogP contribution is -2.32. The summed E-state index contributed by atoms with van der Waals surface area (Å²) in [4.78, 5) is 14.0. The van der Waals surface area contributed by atoms with Crippen LogP contribution in [0.15, 0.2) is 30.3 Å². The van der Waals surface area contributed by atoms with Crippen LogP contribution in [0.4, 0.5) is 0 Å². The molecule has 128 valence electrons. The number of nitrogens with zero attached hydrogens (tertiary/aromatic N) is 4. The number of amides is 1. The third kappa shape index (κ3) is 3.97. The Hall–Kier alpha value is -2.28. The van der Waals surface area contributed by atoms with E-state index >= 15 is 0 Å². The first-order valence-corrected chi connectivity index (χ1v) is 8.38. The summed E-state index contributed by atoms with van der Waals surface area (Å²) in [5.41, 5.74) is 0.620. The van der Waals surface area contributed by atoms with Crippen LogP contribution in [0.2, 0.25) is 0 Å². The maximum atomic E-state index is 12.4. The normalized spacial score (nSPS) is 18.7. The number of nitrogens with one attached hydrogen (secondary N) is 1. The van der Waals surface area contributed by atoms with Crippen LogP contribution < -0.4 is 5.32 Å². The summed E-state index contributed by atoms with van der Waals surface area (Å²) in [5.74, 6) is 0.551. The number of aromatic nitrogens is 4. The predicted molar refractivity (Wildman–Crippen MR) is 88.3 cm³/mol. The van der Waals surface area contributed by atoms with Crippen molar-refractivity contribution in [3.63, 3.8) is 0 Å². The zero-order valence-electron chi connectivity index (χ0n) is 14.1. The summed E-state index contributed by atoms with van der Waals surface area (Å²) >= 11 is 0. The number of benzene rings is 1. The smallest absolute Gasteiger partial charge is 0.251 e. The van der Waals surface area contributed by atoms with E-state index < -0.39 is 0 Å². The van der Waals surface area contributed by atoms with Gasteiger partial charge in [-0.1, -0.05) is 32.0 Å². The van der Waals surface area contributed by atoms with Crippen molar-refractivity contribution in [1.82, 2.24) is 25.5 Å². The van der Waals surface area contributed by atoms with Gasteiger partial charge >= 0.3 is 0 Å². The van der Waals surface area contributed by atoms with Crippen molar-refractivity contribution >= 4 is 5.91 Å². The number of rotatable bonds is 6. The Morgan fingerprint density at radius 1 is 1.38 bits per heavy atom. The van der Waals surface area contributed by atoms with Crippen molar-refractivity contribution < 1.29 is 9.53 Å². The predicted octanol–water partition coefficient (Wildman–Crippen LogP) is 1.98. The SMILES string of the molecule is CC(C)C(NC(=O)c1ccccc1)c1nnn(CC2CCCO2)n1. The Morgan fingerprint density at radius 2 is 2.17 bits per heavy atom. The lowest BCUT2D eigenvalue weighted by molar-refractivity contribution is 0.0891. The van der Waals surface area contributed by atoms with Gasteiger partial charge in [-0.2, -0.15) is 4.80 Å². The van der Waals surface area contributed by atoms with Crippen LogP contribution in [0.25, 0.3) is 0 Å². The highest BCUT2D eigenvalue weighted by atomic mass is 16.5. The minimum absolute atomic E-state index is 0.134. The van der Waals surface area contributed by atoms with Gasteiger partial charge in [-0.25, -0.2) is 0 Å². The molecule has 2 aromatic rings. The summed E-state index contributed by atoms with van der Waals surface area (Å²) in [7, 11) is 0. The van der Waals surface area contributed by atoms with Crippen molar-refractivity contribution in [2.75, 3.05) is 6.61 Å². The first kappa shape index (κ1) is 16.6. The fourth-order valence-corrected chi connectivity index (χ4v) is 2.77. The molecule has 0 aliphatic carbocycles. The standard InChI is InChI=1S/C17H23N5O2/c1-12(2)15(18-17(23)13-7-4-3-5-8-13)16-19-21-22(20-16)11-14-9-6-10-24-14/h3-5,7-8,12,14-15H,6,9-11H2,1-2H3,(H,18,23). The van der Waals surface area contributed by atoms with Crippen LogP contribution in [0.1, 0.15) is 48.9 Å². The highest BCUT2D eigenvalue weighted by Crippen LogP contribution is 2.19. The molecule has 2 atom stereocenters. The molecule has 1 saturated heterocycles. The number of ether oxygens (including phenoxy) is 1. The van der Waals surface area contributed by atoms with Gasteiger partial charge < -0.3 is 10.1 Å². The average Bonchev–Trinajstić information content (AvgIpc) is 3.25. The molecule has 1 aromatic carbocycles. The Morgan fingerprint density at radius 3 is 2.83 bits per heavy atom. The van der Waals surface area contributed by atoms with Crippen molar-refractivity contribution in [3.05, 3.63) is 41.7 Å². The molecule has 0 saturated carbocycles. The third-order valence-electron chi connectivity index (χ3n) is 4.13. The molecule has 7 nitrogen and oxygen atoms in total. The van der Waals surface area contributed by atoms with Gasteiger partial charge in [0.05, 0.1) is 18.7 Å². The van der Waals surface area contributed by atoms with Crippen LogP contribution in [-0.2, 0) is 11.3 Å². The first-order valence-electron chi connectivity index (χ1n) is 8.38. The largest absolute Gasteiger partial charge is 0.376 e. The van der Waals surface area contributed by atoms with Crippen molar-refractivity contribution in [1.29, 1.82) is 0 Å². The van der Waals surface area contributed by atoms with Gasteiger partial charge in [0.1, 0.15) is 0 Å². The first-order chi connectivity index (χ1) is 11.6. The molecule has 24 heavy (non-hydrogen) atoms. The molecule has 3 rings (SSSR count). The van der Waals surface area contributed by atoms with Crippen LogP contribution in [-0.4, -0.2) is 38.8 Å². The van der Waals surface area contributed by atoms with E-state index in [1.165, 1.54) is 0 Å². The number of carbonyl (C=O) groups is 1. The van der Waals surface area contributed by atoms with E-state index in [1.807, 2.05) is 32.0 Å². The highest BCUT2D eigenvalue weighted by Gasteiger charge is 2.25. The zero-order valence-corrected chi connectivity index (χ0v) is 14.1. The second-order valence-electron chi connectivity index (χ2n) is 6.40. The molecule has 1 N–H and O–H groups in total. The molecule has 1 aliphatic heterocycles. The van der Waals surface area contributed by atoms with E-state index in [0.29, 0.717) is 17.9 Å². The fourth-order valence-electron chi connectivity index (χ4n) is 2.77. The highest BCUT2D eigenvalue weighted by molar-refractivity contribution is 5.94. The monoisotopic (exact) mass is 329 g/mol. The minimum Gasteiger partial charge on any atom is -0.376 e. The Kier molecular flexibility index (Phi) is 5.20. The number of hydrogen-bond donors (Lipinski definition) is 1. The van der Waals surface area contributed by atoms with Gasteiger partial charge in [0.2, 0.25) is 0 Å². The number of carbonyl (C=O) groups excluding carboxylic acids is 1. The molecule has 1 fully saturated rings. The molecule has 2 unspecified atom stereocenters. The summed E-state index contributed by atoms with van der Waals surface area (Å²) in [6.07, 6.45) is 2.26. The van der Waals surface area contributed by atoms with Crippen molar-refractivity contribution in [2.24, 2.45) is 5.92 Å².